The fraction of sp³-hybridized carbons (Fsp3) is 0.412. The number of ether oxygens (including phenoxy) is 1. The minimum Gasteiger partial charge on any atom is -0.433 e. The second-order valence-corrected chi connectivity index (χ2v) is 6.37. The third-order valence-electron chi connectivity index (χ3n) is 3.89. The lowest BCUT2D eigenvalue weighted by Crippen LogP contribution is -2.29. The molecule has 1 aromatic rings. The largest absolute Gasteiger partial charge is 0.433 e. The standard InChI is InChI=1S/C17H18ClF3N2O3/c1-23(2)16(25)10-6-4-3-5-9(10)15(24)22-13-8-14(26-17(20)21)11(18)7-12(13)19/h7-8,17H,3-6H2,1-2H3,(H,22,24). The molecular weight excluding hydrogens is 373 g/mol. The first-order valence-corrected chi connectivity index (χ1v) is 8.27. The van der Waals surface area contributed by atoms with Crippen LogP contribution in [0.5, 0.6) is 5.75 Å². The number of rotatable bonds is 5. The predicted molar refractivity (Wildman–Crippen MR) is 90.9 cm³/mol. The minimum atomic E-state index is -3.15. The summed E-state index contributed by atoms with van der Waals surface area (Å²) in [6.45, 7) is -3.15. The van der Waals surface area contributed by atoms with E-state index in [-0.39, 0.29) is 22.2 Å². The molecule has 0 saturated heterocycles. The lowest BCUT2D eigenvalue weighted by Gasteiger charge is -2.22. The molecule has 0 radical (unpaired) electrons. The Kier molecular flexibility index (Phi) is 6.52. The molecule has 0 spiro atoms. The molecule has 0 aromatic heterocycles. The molecule has 142 valence electrons. The van der Waals surface area contributed by atoms with Gasteiger partial charge in [0.1, 0.15) is 11.6 Å². The SMILES string of the molecule is CN(C)C(=O)C1=C(C(=O)Nc2cc(OC(F)F)c(Cl)cc2F)CCCC1. The minimum absolute atomic E-state index is 0.264. The Labute approximate surface area is 153 Å². The number of anilines is 1. The van der Waals surface area contributed by atoms with Crippen molar-refractivity contribution in [1.82, 2.24) is 4.90 Å². The number of alkyl halides is 2. The van der Waals surface area contributed by atoms with Crippen LogP contribution < -0.4 is 10.1 Å². The molecule has 0 aliphatic heterocycles. The Morgan fingerprint density at radius 1 is 1.19 bits per heavy atom. The molecule has 1 aliphatic rings. The number of benzene rings is 1. The number of carbonyl (C=O) groups excluding carboxylic acids is 2. The lowest BCUT2D eigenvalue weighted by atomic mass is 9.90. The summed E-state index contributed by atoms with van der Waals surface area (Å²) in [6.07, 6.45) is 2.31. The van der Waals surface area contributed by atoms with Crippen LogP contribution >= 0.6 is 11.6 Å². The third kappa shape index (κ3) is 4.69. The topological polar surface area (TPSA) is 58.6 Å². The van der Waals surface area contributed by atoms with Crippen LogP contribution in [0.25, 0.3) is 0 Å². The van der Waals surface area contributed by atoms with Crippen LogP contribution in [0.3, 0.4) is 0 Å². The summed E-state index contributed by atoms with van der Waals surface area (Å²) in [4.78, 5) is 26.2. The number of nitrogens with zero attached hydrogens (tertiary/aromatic N) is 1. The Hall–Kier alpha value is -2.22. The van der Waals surface area contributed by atoms with Gasteiger partial charge >= 0.3 is 6.61 Å². The van der Waals surface area contributed by atoms with E-state index >= 15 is 0 Å². The van der Waals surface area contributed by atoms with Crippen LogP contribution in [0.2, 0.25) is 5.02 Å². The maximum absolute atomic E-state index is 14.0. The molecule has 0 unspecified atom stereocenters. The first-order chi connectivity index (χ1) is 12.2. The molecule has 1 N–H and O–H groups in total. The van der Waals surface area contributed by atoms with Gasteiger partial charge in [0, 0.05) is 31.3 Å². The van der Waals surface area contributed by atoms with E-state index in [0.717, 1.165) is 25.0 Å². The van der Waals surface area contributed by atoms with Crippen molar-refractivity contribution in [1.29, 1.82) is 0 Å². The molecule has 0 saturated carbocycles. The van der Waals surface area contributed by atoms with Gasteiger partial charge in [0.15, 0.2) is 0 Å². The van der Waals surface area contributed by atoms with E-state index in [9.17, 15) is 22.8 Å². The average molecular weight is 391 g/mol. The molecule has 1 aromatic carbocycles. The summed E-state index contributed by atoms with van der Waals surface area (Å²) in [5.74, 6) is -2.30. The summed E-state index contributed by atoms with van der Waals surface area (Å²) in [6, 6.07) is 1.66. The molecule has 5 nitrogen and oxygen atoms in total. The summed E-state index contributed by atoms with van der Waals surface area (Å²) in [5.41, 5.74) is 0.280. The quantitative estimate of drug-likeness (QED) is 0.827. The van der Waals surface area contributed by atoms with E-state index in [1.165, 1.54) is 4.90 Å². The van der Waals surface area contributed by atoms with Crippen LogP contribution in [0.15, 0.2) is 23.3 Å². The molecule has 1 aliphatic carbocycles. The monoisotopic (exact) mass is 390 g/mol. The van der Waals surface area contributed by atoms with Gasteiger partial charge in [0.2, 0.25) is 5.91 Å². The highest BCUT2D eigenvalue weighted by molar-refractivity contribution is 6.32. The van der Waals surface area contributed by atoms with Crippen LogP contribution in [0.4, 0.5) is 18.9 Å². The molecule has 2 rings (SSSR count). The van der Waals surface area contributed by atoms with Gasteiger partial charge in [0.25, 0.3) is 5.91 Å². The van der Waals surface area contributed by atoms with Crippen molar-refractivity contribution in [3.63, 3.8) is 0 Å². The zero-order chi connectivity index (χ0) is 19.4. The molecule has 2 amide bonds. The molecule has 0 heterocycles. The third-order valence-corrected chi connectivity index (χ3v) is 4.19. The van der Waals surface area contributed by atoms with Gasteiger partial charge in [0.05, 0.1) is 10.7 Å². The smallest absolute Gasteiger partial charge is 0.387 e. The highest BCUT2D eigenvalue weighted by atomic mass is 35.5. The van der Waals surface area contributed by atoms with Gasteiger partial charge < -0.3 is 15.0 Å². The number of amides is 2. The van der Waals surface area contributed by atoms with Gasteiger partial charge in [-0.3, -0.25) is 9.59 Å². The lowest BCUT2D eigenvalue weighted by molar-refractivity contribution is -0.125. The van der Waals surface area contributed by atoms with Crippen LogP contribution in [-0.2, 0) is 9.59 Å². The van der Waals surface area contributed by atoms with E-state index < -0.39 is 24.1 Å². The summed E-state index contributed by atoms with van der Waals surface area (Å²) >= 11 is 5.66. The normalized spacial score (nSPS) is 14.4. The molecule has 0 atom stereocenters. The summed E-state index contributed by atoms with van der Waals surface area (Å²) in [7, 11) is 3.15. The Morgan fingerprint density at radius 2 is 1.81 bits per heavy atom. The van der Waals surface area contributed by atoms with Crippen molar-refractivity contribution >= 4 is 29.1 Å². The first kappa shape index (κ1) is 20.1. The maximum Gasteiger partial charge on any atom is 0.387 e. The highest BCUT2D eigenvalue weighted by Gasteiger charge is 2.26. The predicted octanol–water partition coefficient (Wildman–Crippen LogP) is 3.98. The van der Waals surface area contributed by atoms with Crippen molar-refractivity contribution in [2.24, 2.45) is 0 Å². The molecule has 0 fully saturated rings. The number of likely N-dealkylation sites (N-methyl/N-ethyl adjacent to an activating group) is 1. The number of hydrogen-bond acceptors (Lipinski definition) is 3. The van der Waals surface area contributed by atoms with Crippen molar-refractivity contribution in [3.05, 3.63) is 34.1 Å². The summed E-state index contributed by atoms with van der Waals surface area (Å²) < 4.78 is 43.0. The molecule has 26 heavy (non-hydrogen) atoms. The van der Waals surface area contributed by atoms with Crippen molar-refractivity contribution in [2.75, 3.05) is 19.4 Å². The van der Waals surface area contributed by atoms with Gasteiger partial charge in [-0.15, -0.1) is 0 Å². The van der Waals surface area contributed by atoms with Gasteiger partial charge in [-0.1, -0.05) is 11.6 Å². The maximum atomic E-state index is 14.0. The number of nitrogens with one attached hydrogen (secondary N) is 1. The number of halogens is 4. The van der Waals surface area contributed by atoms with E-state index in [4.69, 9.17) is 11.6 Å². The second-order valence-electron chi connectivity index (χ2n) is 5.96. The fourth-order valence-electron chi connectivity index (χ4n) is 2.67. The fourth-order valence-corrected chi connectivity index (χ4v) is 2.87. The Balaban J connectivity index is 2.32. The molecule has 9 heteroatoms. The Bertz CT molecular complexity index is 751. The van der Waals surface area contributed by atoms with Crippen LogP contribution in [0, 0.1) is 5.82 Å². The van der Waals surface area contributed by atoms with Crippen molar-refractivity contribution < 1.29 is 27.5 Å². The van der Waals surface area contributed by atoms with Crippen LogP contribution in [-0.4, -0.2) is 37.4 Å². The van der Waals surface area contributed by atoms with Crippen molar-refractivity contribution in [2.45, 2.75) is 32.3 Å². The van der Waals surface area contributed by atoms with Crippen LogP contribution in [0.1, 0.15) is 25.7 Å². The van der Waals surface area contributed by atoms with Gasteiger partial charge in [-0.2, -0.15) is 8.78 Å². The summed E-state index contributed by atoms with van der Waals surface area (Å²) in [5, 5.41) is 1.97. The average Bonchev–Trinajstić information content (AvgIpc) is 2.57. The van der Waals surface area contributed by atoms with E-state index in [1.54, 1.807) is 14.1 Å². The zero-order valence-corrected chi connectivity index (χ0v) is 15.0. The van der Waals surface area contributed by atoms with E-state index in [2.05, 4.69) is 10.1 Å². The van der Waals surface area contributed by atoms with E-state index in [0.29, 0.717) is 18.4 Å². The molecule has 0 bridgehead atoms. The molecular formula is C17H18ClF3N2O3. The second kappa shape index (κ2) is 8.44. The van der Waals surface area contributed by atoms with Gasteiger partial charge in [-0.25, -0.2) is 4.39 Å². The Morgan fingerprint density at radius 3 is 2.38 bits per heavy atom. The first-order valence-electron chi connectivity index (χ1n) is 7.89. The number of hydrogen-bond donors (Lipinski definition) is 1. The van der Waals surface area contributed by atoms with Crippen molar-refractivity contribution in [3.8, 4) is 5.75 Å². The van der Waals surface area contributed by atoms with E-state index in [1.807, 2.05) is 0 Å². The van der Waals surface area contributed by atoms with Gasteiger partial charge in [-0.05, 0) is 31.7 Å². The highest BCUT2D eigenvalue weighted by Crippen LogP contribution is 2.33. The number of carbonyl (C=O) groups is 2. The zero-order valence-electron chi connectivity index (χ0n) is 14.2.